The highest BCUT2D eigenvalue weighted by molar-refractivity contribution is 5.37. The molecule has 0 amide bonds. The molecule has 0 aliphatic heterocycles. The van der Waals surface area contributed by atoms with E-state index in [0.29, 0.717) is 24.4 Å². The fraction of sp³-hybridized carbons (Fsp3) is 0.467. The lowest BCUT2D eigenvalue weighted by Gasteiger charge is -2.30. The molecule has 0 atom stereocenters. The van der Waals surface area contributed by atoms with Gasteiger partial charge < -0.3 is 10.2 Å². The maximum Gasteiger partial charge on any atom is 0.258 e. The van der Waals surface area contributed by atoms with Crippen LogP contribution in [0.1, 0.15) is 12.6 Å². The SMILES string of the molecule is CN(Cc1cc(=O)n2ccccc2n1)CC(C)(CO)CO. The molecule has 2 aromatic rings. The molecule has 21 heavy (non-hydrogen) atoms. The lowest BCUT2D eigenvalue weighted by Crippen LogP contribution is -2.39. The van der Waals surface area contributed by atoms with Gasteiger partial charge in [0.25, 0.3) is 5.56 Å². The second-order valence-corrected chi connectivity index (χ2v) is 5.81. The molecule has 0 aromatic carbocycles. The van der Waals surface area contributed by atoms with Crippen molar-refractivity contribution in [2.75, 3.05) is 26.8 Å². The molecular weight excluding hydrogens is 270 g/mol. The predicted molar refractivity (Wildman–Crippen MR) is 80.1 cm³/mol. The summed E-state index contributed by atoms with van der Waals surface area (Å²) in [6, 6.07) is 6.93. The monoisotopic (exact) mass is 291 g/mol. The first-order valence-electron chi connectivity index (χ1n) is 6.85. The number of aromatic nitrogens is 2. The molecule has 0 bridgehead atoms. The van der Waals surface area contributed by atoms with E-state index < -0.39 is 5.41 Å². The number of rotatable bonds is 6. The number of nitrogens with zero attached hydrogens (tertiary/aromatic N) is 3. The highest BCUT2D eigenvalue weighted by atomic mass is 16.3. The summed E-state index contributed by atoms with van der Waals surface area (Å²) in [7, 11) is 1.87. The zero-order valence-corrected chi connectivity index (χ0v) is 12.4. The summed E-state index contributed by atoms with van der Waals surface area (Å²) in [5.74, 6) is 0. The van der Waals surface area contributed by atoms with Crippen molar-refractivity contribution in [3.05, 3.63) is 46.5 Å². The van der Waals surface area contributed by atoms with Crippen LogP contribution < -0.4 is 5.56 Å². The molecule has 6 heteroatoms. The molecule has 0 spiro atoms. The number of hydrogen-bond acceptors (Lipinski definition) is 5. The lowest BCUT2D eigenvalue weighted by molar-refractivity contribution is 0.0399. The van der Waals surface area contributed by atoms with Gasteiger partial charge in [-0.3, -0.25) is 14.1 Å². The van der Waals surface area contributed by atoms with Gasteiger partial charge in [0.2, 0.25) is 0 Å². The third-order valence-corrected chi connectivity index (χ3v) is 3.47. The van der Waals surface area contributed by atoms with Crippen LogP contribution >= 0.6 is 0 Å². The van der Waals surface area contributed by atoms with E-state index in [2.05, 4.69) is 4.98 Å². The van der Waals surface area contributed by atoms with Crippen molar-refractivity contribution in [2.24, 2.45) is 5.41 Å². The Morgan fingerprint density at radius 1 is 1.33 bits per heavy atom. The Balaban J connectivity index is 2.18. The Kier molecular flexibility index (Phi) is 4.72. The average molecular weight is 291 g/mol. The first-order valence-corrected chi connectivity index (χ1v) is 6.85. The van der Waals surface area contributed by atoms with Crippen LogP contribution in [-0.2, 0) is 6.54 Å². The second-order valence-electron chi connectivity index (χ2n) is 5.81. The minimum absolute atomic E-state index is 0.0956. The van der Waals surface area contributed by atoms with Gasteiger partial charge >= 0.3 is 0 Å². The smallest absolute Gasteiger partial charge is 0.258 e. The van der Waals surface area contributed by atoms with Crippen molar-refractivity contribution < 1.29 is 10.2 Å². The number of aliphatic hydroxyl groups is 2. The molecule has 2 aromatic heterocycles. The fourth-order valence-electron chi connectivity index (χ4n) is 2.32. The summed E-state index contributed by atoms with van der Waals surface area (Å²) < 4.78 is 1.50. The van der Waals surface area contributed by atoms with E-state index in [4.69, 9.17) is 0 Å². The molecule has 0 fully saturated rings. The highest BCUT2D eigenvalue weighted by Gasteiger charge is 2.24. The van der Waals surface area contributed by atoms with Crippen LogP contribution in [0.4, 0.5) is 0 Å². The minimum Gasteiger partial charge on any atom is -0.396 e. The van der Waals surface area contributed by atoms with E-state index in [1.165, 1.54) is 10.5 Å². The lowest BCUT2D eigenvalue weighted by atomic mass is 9.92. The van der Waals surface area contributed by atoms with Crippen molar-refractivity contribution in [1.82, 2.24) is 14.3 Å². The quantitative estimate of drug-likeness (QED) is 0.790. The van der Waals surface area contributed by atoms with Gasteiger partial charge in [0.15, 0.2) is 0 Å². The topological polar surface area (TPSA) is 78.1 Å². The van der Waals surface area contributed by atoms with Crippen molar-refractivity contribution >= 4 is 5.65 Å². The highest BCUT2D eigenvalue weighted by Crippen LogP contribution is 2.16. The van der Waals surface area contributed by atoms with Crippen LogP contribution in [0.5, 0.6) is 0 Å². The molecule has 114 valence electrons. The molecule has 0 aliphatic carbocycles. The van der Waals surface area contributed by atoms with Crippen LogP contribution in [0.2, 0.25) is 0 Å². The molecule has 0 radical (unpaired) electrons. The molecule has 2 N–H and O–H groups in total. The van der Waals surface area contributed by atoms with E-state index in [0.717, 1.165) is 0 Å². The molecule has 2 rings (SSSR count). The zero-order valence-electron chi connectivity index (χ0n) is 12.4. The molecule has 0 unspecified atom stereocenters. The molecule has 0 aliphatic rings. The van der Waals surface area contributed by atoms with E-state index in [1.54, 1.807) is 18.3 Å². The van der Waals surface area contributed by atoms with Crippen molar-refractivity contribution in [1.29, 1.82) is 0 Å². The van der Waals surface area contributed by atoms with E-state index in [1.807, 2.05) is 24.9 Å². The first-order chi connectivity index (χ1) is 9.97. The van der Waals surface area contributed by atoms with E-state index in [-0.39, 0.29) is 18.8 Å². The van der Waals surface area contributed by atoms with Gasteiger partial charge in [-0.05, 0) is 19.2 Å². The Morgan fingerprint density at radius 3 is 2.71 bits per heavy atom. The molecular formula is C15H21N3O3. The number of fused-ring (bicyclic) bond motifs is 1. The van der Waals surface area contributed by atoms with Crippen LogP contribution in [0.15, 0.2) is 35.3 Å². The summed E-state index contributed by atoms with van der Waals surface area (Å²) in [5, 5.41) is 18.7. The molecule has 2 heterocycles. The summed E-state index contributed by atoms with van der Waals surface area (Å²) in [5.41, 5.74) is 0.601. The Hall–Kier alpha value is -1.76. The Bertz CT molecular complexity index is 665. The van der Waals surface area contributed by atoms with Gasteiger partial charge in [0.05, 0.1) is 18.9 Å². The molecule has 0 saturated carbocycles. The van der Waals surface area contributed by atoms with Crippen LogP contribution in [-0.4, -0.2) is 51.3 Å². The first kappa shape index (κ1) is 15.6. The zero-order chi connectivity index (χ0) is 15.5. The maximum atomic E-state index is 12.0. The van der Waals surface area contributed by atoms with E-state index >= 15 is 0 Å². The van der Waals surface area contributed by atoms with Crippen molar-refractivity contribution in [3.8, 4) is 0 Å². The van der Waals surface area contributed by atoms with Gasteiger partial charge in [-0.15, -0.1) is 0 Å². The van der Waals surface area contributed by atoms with Crippen LogP contribution in [0.3, 0.4) is 0 Å². The summed E-state index contributed by atoms with van der Waals surface area (Å²) in [6.07, 6.45) is 1.69. The molecule has 0 saturated heterocycles. The van der Waals surface area contributed by atoms with Crippen molar-refractivity contribution in [3.63, 3.8) is 0 Å². The third kappa shape index (κ3) is 3.66. The van der Waals surface area contributed by atoms with Gasteiger partial charge in [0, 0.05) is 30.8 Å². The van der Waals surface area contributed by atoms with Gasteiger partial charge in [-0.25, -0.2) is 4.98 Å². The average Bonchev–Trinajstić information content (AvgIpc) is 2.47. The van der Waals surface area contributed by atoms with Gasteiger partial charge in [-0.1, -0.05) is 13.0 Å². The Morgan fingerprint density at radius 2 is 2.05 bits per heavy atom. The van der Waals surface area contributed by atoms with Crippen molar-refractivity contribution in [2.45, 2.75) is 13.5 Å². The van der Waals surface area contributed by atoms with Gasteiger partial charge in [-0.2, -0.15) is 0 Å². The number of aliphatic hydroxyl groups excluding tert-OH is 2. The summed E-state index contributed by atoms with van der Waals surface area (Å²) in [4.78, 5) is 18.4. The second kappa shape index (κ2) is 6.34. The Labute approximate surface area is 123 Å². The minimum atomic E-state index is -0.569. The standard InChI is InChI=1S/C15H21N3O3/c1-15(10-19,11-20)9-17(2)8-12-7-14(21)18-6-4-3-5-13(18)16-12/h3-7,19-20H,8-11H2,1-2H3. The predicted octanol–water partition coefficient (Wildman–Crippen LogP) is 0.117. The summed E-state index contributed by atoms with van der Waals surface area (Å²) in [6.45, 7) is 2.61. The largest absolute Gasteiger partial charge is 0.396 e. The summed E-state index contributed by atoms with van der Waals surface area (Å²) >= 11 is 0. The molecule has 6 nitrogen and oxygen atoms in total. The van der Waals surface area contributed by atoms with E-state index in [9.17, 15) is 15.0 Å². The number of pyridine rings is 1. The third-order valence-electron chi connectivity index (χ3n) is 3.47. The van der Waals surface area contributed by atoms with Crippen LogP contribution in [0.25, 0.3) is 5.65 Å². The van der Waals surface area contributed by atoms with Gasteiger partial charge in [0.1, 0.15) is 5.65 Å². The number of hydrogen-bond donors (Lipinski definition) is 2. The maximum absolute atomic E-state index is 12.0. The normalized spacial score (nSPS) is 12.2. The van der Waals surface area contributed by atoms with Crippen LogP contribution in [0, 0.1) is 5.41 Å². The fourth-order valence-corrected chi connectivity index (χ4v) is 2.32.